The molecular weight excluding hydrogens is 266 g/mol. The molecule has 0 unspecified atom stereocenters. The number of carbonyl (C=O) groups excluding carboxylic acids is 1. The van der Waals surface area contributed by atoms with E-state index < -0.39 is 0 Å². The van der Waals surface area contributed by atoms with Crippen molar-refractivity contribution in [1.29, 1.82) is 0 Å². The summed E-state index contributed by atoms with van der Waals surface area (Å²) >= 11 is 0. The van der Waals surface area contributed by atoms with Crippen molar-refractivity contribution in [1.82, 2.24) is 19.7 Å². The van der Waals surface area contributed by atoms with Gasteiger partial charge in [0.05, 0.1) is 18.7 Å². The third kappa shape index (κ3) is 2.64. The van der Waals surface area contributed by atoms with Crippen LogP contribution in [0.1, 0.15) is 21.7 Å². The third-order valence-electron chi connectivity index (χ3n) is 3.41. The summed E-state index contributed by atoms with van der Waals surface area (Å²) in [4.78, 5) is 14.5. The fourth-order valence-corrected chi connectivity index (χ4v) is 2.33. The molecule has 0 spiro atoms. The van der Waals surface area contributed by atoms with E-state index in [2.05, 4.69) is 22.0 Å². The van der Waals surface area contributed by atoms with Gasteiger partial charge in [-0.2, -0.15) is 0 Å². The second-order valence-electron chi connectivity index (χ2n) is 4.72. The zero-order chi connectivity index (χ0) is 14.7. The molecule has 0 aliphatic carbocycles. The predicted octanol–water partition coefficient (Wildman–Crippen LogP) is 0.244. The minimum atomic E-state index is -0.0360. The molecule has 1 aliphatic heterocycles. The van der Waals surface area contributed by atoms with Gasteiger partial charge in [0, 0.05) is 18.7 Å². The van der Waals surface area contributed by atoms with Crippen molar-refractivity contribution in [2.75, 3.05) is 13.1 Å². The zero-order valence-electron chi connectivity index (χ0n) is 11.5. The van der Waals surface area contributed by atoms with Gasteiger partial charge >= 0.3 is 0 Å². The molecule has 0 saturated heterocycles. The van der Waals surface area contributed by atoms with Crippen LogP contribution in [0.2, 0.25) is 0 Å². The Morgan fingerprint density at radius 3 is 3.05 bits per heavy atom. The molecule has 1 amide bonds. The molecule has 2 aromatic rings. The van der Waals surface area contributed by atoms with Crippen molar-refractivity contribution >= 4 is 5.91 Å². The molecule has 1 aliphatic rings. The van der Waals surface area contributed by atoms with Crippen molar-refractivity contribution in [3.63, 3.8) is 0 Å². The van der Waals surface area contributed by atoms with E-state index in [0.29, 0.717) is 30.8 Å². The number of rotatable bonds is 1. The molecule has 1 aromatic heterocycles. The molecule has 0 radical (unpaired) electrons. The van der Waals surface area contributed by atoms with Crippen LogP contribution in [-0.4, -0.2) is 38.7 Å². The lowest BCUT2D eigenvalue weighted by molar-refractivity contribution is 0.0707. The zero-order valence-corrected chi connectivity index (χ0v) is 11.5. The highest BCUT2D eigenvalue weighted by atomic mass is 16.2. The number of fused-ring (bicyclic) bond motifs is 1. The van der Waals surface area contributed by atoms with Crippen LogP contribution in [-0.2, 0) is 13.1 Å². The van der Waals surface area contributed by atoms with Gasteiger partial charge in [0.2, 0.25) is 0 Å². The van der Waals surface area contributed by atoms with Gasteiger partial charge in [-0.3, -0.25) is 4.79 Å². The van der Waals surface area contributed by atoms with E-state index in [1.807, 2.05) is 22.8 Å². The van der Waals surface area contributed by atoms with Crippen LogP contribution < -0.4 is 5.73 Å². The smallest absolute Gasteiger partial charge is 0.255 e. The van der Waals surface area contributed by atoms with Gasteiger partial charge < -0.3 is 15.2 Å². The van der Waals surface area contributed by atoms with Crippen LogP contribution >= 0.6 is 0 Å². The first-order valence-corrected chi connectivity index (χ1v) is 6.73. The normalized spacial score (nSPS) is 13.3. The fraction of sp³-hybridized carbons (Fsp3) is 0.267. The maximum Gasteiger partial charge on any atom is 0.255 e. The molecular formula is C15H15N5O. The molecule has 2 N–H and O–H groups in total. The maximum absolute atomic E-state index is 12.7. The van der Waals surface area contributed by atoms with Gasteiger partial charge in [0.25, 0.3) is 5.91 Å². The average Bonchev–Trinajstić information content (AvgIpc) is 3.00. The minimum absolute atomic E-state index is 0.0360. The Morgan fingerprint density at radius 2 is 2.19 bits per heavy atom. The van der Waals surface area contributed by atoms with Gasteiger partial charge in [-0.25, -0.2) is 0 Å². The molecule has 0 atom stereocenters. The number of aromatic nitrogens is 3. The Hall–Kier alpha value is -2.65. The van der Waals surface area contributed by atoms with Crippen LogP contribution in [0.5, 0.6) is 0 Å². The third-order valence-corrected chi connectivity index (χ3v) is 3.41. The molecule has 6 heteroatoms. The van der Waals surface area contributed by atoms with Crippen LogP contribution in [0.4, 0.5) is 0 Å². The van der Waals surface area contributed by atoms with E-state index in [1.54, 1.807) is 17.3 Å². The second-order valence-corrected chi connectivity index (χ2v) is 4.72. The standard InChI is InChI=1S/C15H15N5O/c16-7-3-5-12-4-1-2-6-13(12)15(21)19-8-9-20-11-17-18-14(20)10-19/h1-2,4,6,11H,7-10,16H2. The summed E-state index contributed by atoms with van der Waals surface area (Å²) in [7, 11) is 0. The summed E-state index contributed by atoms with van der Waals surface area (Å²) in [5.41, 5.74) is 6.71. The highest BCUT2D eigenvalue weighted by Crippen LogP contribution is 2.16. The van der Waals surface area contributed by atoms with Crippen molar-refractivity contribution in [3.05, 3.63) is 47.5 Å². The fourth-order valence-electron chi connectivity index (χ4n) is 2.33. The van der Waals surface area contributed by atoms with Gasteiger partial charge in [0.15, 0.2) is 5.82 Å². The molecule has 21 heavy (non-hydrogen) atoms. The highest BCUT2D eigenvalue weighted by molar-refractivity contribution is 5.96. The molecule has 106 valence electrons. The van der Waals surface area contributed by atoms with E-state index in [-0.39, 0.29) is 12.5 Å². The van der Waals surface area contributed by atoms with Crippen molar-refractivity contribution in [2.24, 2.45) is 5.73 Å². The van der Waals surface area contributed by atoms with Crippen LogP contribution in [0.3, 0.4) is 0 Å². The van der Waals surface area contributed by atoms with E-state index in [1.165, 1.54) is 0 Å². The monoisotopic (exact) mass is 281 g/mol. The molecule has 6 nitrogen and oxygen atoms in total. The Bertz CT molecular complexity index is 725. The number of benzene rings is 1. The van der Waals surface area contributed by atoms with Crippen molar-refractivity contribution in [3.8, 4) is 11.8 Å². The number of hydrogen-bond acceptors (Lipinski definition) is 4. The molecule has 0 fully saturated rings. The Labute approximate surface area is 122 Å². The lowest BCUT2D eigenvalue weighted by Crippen LogP contribution is -2.38. The van der Waals surface area contributed by atoms with Crippen LogP contribution in [0.15, 0.2) is 30.6 Å². The number of carbonyl (C=O) groups is 1. The summed E-state index contributed by atoms with van der Waals surface area (Å²) in [6.45, 7) is 2.10. The SMILES string of the molecule is NCC#Cc1ccccc1C(=O)N1CCn2cnnc2C1. The number of nitrogens with zero attached hydrogens (tertiary/aromatic N) is 4. The topological polar surface area (TPSA) is 77.0 Å². The molecule has 0 bridgehead atoms. The predicted molar refractivity (Wildman–Crippen MR) is 77.1 cm³/mol. The van der Waals surface area contributed by atoms with Gasteiger partial charge in [-0.05, 0) is 12.1 Å². The minimum Gasteiger partial charge on any atom is -0.329 e. The quantitative estimate of drug-likeness (QED) is 0.760. The van der Waals surface area contributed by atoms with Crippen molar-refractivity contribution < 1.29 is 4.79 Å². The van der Waals surface area contributed by atoms with Crippen LogP contribution in [0, 0.1) is 11.8 Å². The summed E-state index contributed by atoms with van der Waals surface area (Å²) in [6, 6.07) is 7.34. The maximum atomic E-state index is 12.7. The first kappa shape index (κ1) is 13.3. The molecule has 0 saturated carbocycles. The molecule has 2 heterocycles. The Balaban J connectivity index is 1.86. The van der Waals surface area contributed by atoms with Crippen molar-refractivity contribution in [2.45, 2.75) is 13.1 Å². The summed E-state index contributed by atoms with van der Waals surface area (Å²) in [5, 5.41) is 7.90. The number of nitrogens with two attached hydrogens (primary N) is 1. The van der Waals surface area contributed by atoms with Gasteiger partial charge in [-0.15, -0.1) is 10.2 Å². The molecule has 3 rings (SSSR count). The summed E-state index contributed by atoms with van der Waals surface area (Å²) in [5.74, 6) is 6.52. The lowest BCUT2D eigenvalue weighted by atomic mass is 10.1. The van der Waals surface area contributed by atoms with E-state index >= 15 is 0 Å². The average molecular weight is 281 g/mol. The molecule has 1 aromatic carbocycles. The van der Waals surface area contributed by atoms with E-state index in [0.717, 1.165) is 5.82 Å². The van der Waals surface area contributed by atoms with Crippen LogP contribution in [0.25, 0.3) is 0 Å². The van der Waals surface area contributed by atoms with Gasteiger partial charge in [-0.1, -0.05) is 24.0 Å². The number of amides is 1. The Kier molecular flexibility index (Phi) is 3.67. The number of hydrogen-bond donors (Lipinski definition) is 1. The second kappa shape index (κ2) is 5.77. The van der Waals surface area contributed by atoms with E-state index in [9.17, 15) is 4.79 Å². The first-order chi connectivity index (χ1) is 10.3. The largest absolute Gasteiger partial charge is 0.329 e. The van der Waals surface area contributed by atoms with Gasteiger partial charge in [0.1, 0.15) is 6.33 Å². The first-order valence-electron chi connectivity index (χ1n) is 6.73. The summed E-state index contributed by atoms with van der Waals surface area (Å²) in [6.07, 6.45) is 1.69. The lowest BCUT2D eigenvalue weighted by Gasteiger charge is -2.27. The summed E-state index contributed by atoms with van der Waals surface area (Å²) < 4.78 is 1.96. The van der Waals surface area contributed by atoms with E-state index in [4.69, 9.17) is 5.73 Å². The highest BCUT2D eigenvalue weighted by Gasteiger charge is 2.23. The Morgan fingerprint density at radius 1 is 1.33 bits per heavy atom.